The third-order valence-corrected chi connectivity index (χ3v) is 5.56. The maximum absolute atomic E-state index is 13.2. The first-order valence-electron chi connectivity index (χ1n) is 12.7. The minimum absolute atomic E-state index is 0.101. The number of aliphatic hydroxyl groups excluding tert-OH is 2. The van der Waals surface area contributed by atoms with Crippen molar-refractivity contribution in [3.8, 4) is 0 Å². The minimum atomic E-state index is -1.48. The van der Waals surface area contributed by atoms with Gasteiger partial charge in [0.2, 0.25) is 29.5 Å². The van der Waals surface area contributed by atoms with E-state index in [-0.39, 0.29) is 31.6 Å². The number of nitrogens with two attached hydrogens (primary N) is 3. The quantitative estimate of drug-likeness (QED) is 0.0635. The minimum Gasteiger partial charge on any atom is -0.480 e. The molecule has 0 aromatic rings. The Labute approximate surface area is 226 Å². The topological polar surface area (TPSA) is 289 Å². The van der Waals surface area contributed by atoms with E-state index in [0.29, 0.717) is 19.4 Å². The molecule has 0 aromatic heterocycles. The average Bonchev–Trinajstić information content (AvgIpc) is 2.86. The highest BCUT2D eigenvalue weighted by atomic mass is 16.4. The normalized spacial score (nSPS) is 14.8. The molecule has 39 heavy (non-hydrogen) atoms. The predicted octanol–water partition coefficient (Wildman–Crippen LogP) is -4.24. The molecule has 13 N–H and O–H groups in total. The van der Waals surface area contributed by atoms with Crippen molar-refractivity contribution in [2.75, 3.05) is 19.8 Å². The summed E-state index contributed by atoms with van der Waals surface area (Å²) >= 11 is 0. The predicted molar refractivity (Wildman–Crippen MR) is 138 cm³/mol. The summed E-state index contributed by atoms with van der Waals surface area (Å²) in [5.41, 5.74) is 16.0. The third-order valence-electron chi connectivity index (χ3n) is 5.56. The number of primary amides is 1. The lowest BCUT2D eigenvalue weighted by Gasteiger charge is -2.26. The molecular weight excluding hydrogens is 518 g/mol. The number of carboxylic acids is 1. The number of aliphatic carboxylic acids is 1. The number of nitrogens with one attached hydrogen (secondary N) is 4. The molecule has 16 nitrogen and oxygen atoms in total. The van der Waals surface area contributed by atoms with Crippen molar-refractivity contribution < 1.29 is 44.1 Å². The van der Waals surface area contributed by atoms with Gasteiger partial charge in [-0.3, -0.25) is 24.0 Å². The van der Waals surface area contributed by atoms with E-state index in [1.54, 1.807) is 13.8 Å². The summed E-state index contributed by atoms with van der Waals surface area (Å²) in [6, 6.07) is -6.61. The first kappa shape index (κ1) is 35.7. The fourth-order valence-corrected chi connectivity index (χ4v) is 3.38. The van der Waals surface area contributed by atoms with Gasteiger partial charge in [-0.15, -0.1) is 0 Å². The van der Waals surface area contributed by atoms with Crippen molar-refractivity contribution in [3.05, 3.63) is 0 Å². The highest BCUT2D eigenvalue weighted by Gasteiger charge is 2.31. The summed E-state index contributed by atoms with van der Waals surface area (Å²) in [4.78, 5) is 73.3. The number of aliphatic hydroxyl groups is 2. The van der Waals surface area contributed by atoms with E-state index in [4.69, 9.17) is 22.3 Å². The van der Waals surface area contributed by atoms with Crippen molar-refractivity contribution in [2.45, 2.75) is 82.6 Å². The summed E-state index contributed by atoms with van der Waals surface area (Å²) in [5, 5.41) is 37.4. The Hall–Kier alpha value is -3.34. The maximum atomic E-state index is 13.2. The summed E-state index contributed by atoms with van der Waals surface area (Å²) in [6.07, 6.45) is 0.627. The van der Waals surface area contributed by atoms with Gasteiger partial charge in [0.25, 0.3) is 0 Å². The first-order chi connectivity index (χ1) is 18.3. The Morgan fingerprint density at radius 1 is 0.718 bits per heavy atom. The zero-order valence-electron chi connectivity index (χ0n) is 22.4. The van der Waals surface area contributed by atoms with Crippen LogP contribution in [0.25, 0.3) is 0 Å². The van der Waals surface area contributed by atoms with Crippen LogP contribution < -0.4 is 38.5 Å². The van der Waals surface area contributed by atoms with E-state index in [2.05, 4.69) is 21.3 Å². The Bertz CT molecular complexity index is 841. The van der Waals surface area contributed by atoms with Gasteiger partial charge in [0.1, 0.15) is 30.2 Å². The van der Waals surface area contributed by atoms with Crippen LogP contribution in [0.5, 0.6) is 0 Å². The van der Waals surface area contributed by atoms with Crippen molar-refractivity contribution in [2.24, 2.45) is 23.1 Å². The molecule has 0 saturated carbocycles. The third kappa shape index (κ3) is 14.4. The Balaban J connectivity index is 5.69. The molecule has 16 heteroatoms. The molecule has 0 bridgehead atoms. The van der Waals surface area contributed by atoms with Crippen LogP contribution in [0.3, 0.4) is 0 Å². The van der Waals surface area contributed by atoms with E-state index in [0.717, 1.165) is 0 Å². The summed E-state index contributed by atoms with van der Waals surface area (Å²) in [5.74, 6) is -5.61. The number of amides is 5. The lowest BCUT2D eigenvalue weighted by Crippen LogP contribution is -2.59. The highest BCUT2D eigenvalue weighted by molar-refractivity contribution is 5.95. The van der Waals surface area contributed by atoms with Gasteiger partial charge >= 0.3 is 5.97 Å². The van der Waals surface area contributed by atoms with Crippen LogP contribution in [0.2, 0.25) is 0 Å². The van der Waals surface area contributed by atoms with Gasteiger partial charge in [0.05, 0.1) is 13.2 Å². The van der Waals surface area contributed by atoms with Crippen LogP contribution in [0, 0.1) is 5.92 Å². The standard InChI is InChI=1S/C23H43N7O9/c1-12(2)9-16(21(36)28-15(23(38)39)6-7-18(26)33)29-20(35)14(5-3-4-8-24)27-22(37)17(11-32)30-19(34)13(25)10-31/h12-17,31-32H,3-11,24-25H2,1-2H3,(H2,26,33)(H,27,37)(H,28,36)(H,29,35)(H,30,34)(H,38,39). The lowest BCUT2D eigenvalue weighted by molar-refractivity contribution is -0.142. The van der Waals surface area contributed by atoms with Crippen LogP contribution in [0.4, 0.5) is 0 Å². The Morgan fingerprint density at radius 2 is 1.23 bits per heavy atom. The molecule has 0 aliphatic rings. The summed E-state index contributed by atoms with van der Waals surface area (Å²) in [7, 11) is 0. The Morgan fingerprint density at radius 3 is 1.72 bits per heavy atom. The van der Waals surface area contributed by atoms with Crippen LogP contribution in [-0.4, -0.2) is 101 Å². The SMILES string of the molecule is CC(C)CC(NC(=O)C(CCCCN)NC(=O)C(CO)NC(=O)C(N)CO)C(=O)NC(CCC(N)=O)C(=O)O. The number of carbonyl (C=O) groups excluding carboxylic acids is 5. The van der Waals surface area contributed by atoms with E-state index in [9.17, 15) is 39.0 Å². The maximum Gasteiger partial charge on any atom is 0.326 e. The highest BCUT2D eigenvalue weighted by Crippen LogP contribution is 2.09. The van der Waals surface area contributed by atoms with Crippen LogP contribution in [0.1, 0.15) is 52.4 Å². The number of carbonyl (C=O) groups is 6. The van der Waals surface area contributed by atoms with E-state index in [1.165, 1.54) is 0 Å². The summed E-state index contributed by atoms with van der Waals surface area (Å²) < 4.78 is 0. The van der Waals surface area contributed by atoms with Gasteiger partial charge in [0.15, 0.2) is 0 Å². The zero-order chi connectivity index (χ0) is 30.1. The number of hydrogen-bond donors (Lipinski definition) is 10. The van der Waals surface area contributed by atoms with Gasteiger partial charge in [-0.1, -0.05) is 13.8 Å². The number of carboxylic acid groups (broad SMARTS) is 1. The summed E-state index contributed by atoms with van der Waals surface area (Å²) in [6.45, 7) is 2.35. The molecule has 0 spiro atoms. The molecular formula is C23H43N7O9. The molecule has 0 aliphatic heterocycles. The monoisotopic (exact) mass is 561 g/mol. The van der Waals surface area contributed by atoms with Gasteiger partial charge in [0, 0.05) is 6.42 Å². The lowest BCUT2D eigenvalue weighted by atomic mass is 10.0. The second kappa shape index (κ2) is 18.8. The van der Waals surface area contributed by atoms with Gasteiger partial charge in [-0.2, -0.15) is 0 Å². The molecule has 0 saturated heterocycles. The molecule has 0 aliphatic carbocycles. The Kier molecular flexibility index (Phi) is 17.2. The van der Waals surface area contributed by atoms with Crippen molar-refractivity contribution in [1.82, 2.24) is 21.3 Å². The molecule has 0 aromatic carbocycles. The largest absolute Gasteiger partial charge is 0.480 e. The van der Waals surface area contributed by atoms with Crippen LogP contribution in [0.15, 0.2) is 0 Å². The van der Waals surface area contributed by atoms with Gasteiger partial charge in [-0.05, 0) is 44.6 Å². The van der Waals surface area contributed by atoms with Gasteiger partial charge in [-0.25, -0.2) is 4.79 Å². The fraction of sp³-hybridized carbons (Fsp3) is 0.739. The van der Waals surface area contributed by atoms with Gasteiger partial charge < -0.3 is 53.8 Å². The molecule has 0 radical (unpaired) electrons. The second-order valence-corrected chi connectivity index (χ2v) is 9.47. The number of hydrogen-bond acceptors (Lipinski definition) is 10. The average molecular weight is 562 g/mol. The fourth-order valence-electron chi connectivity index (χ4n) is 3.38. The molecule has 0 heterocycles. The first-order valence-corrected chi connectivity index (χ1v) is 12.7. The molecule has 5 atom stereocenters. The molecule has 0 fully saturated rings. The van der Waals surface area contributed by atoms with Crippen molar-refractivity contribution in [3.63, 3.8) is 0 Å². The van der Waals surface area contributed by atoms with Crippen molar-refractivity contribution in [1.29, 1.82) is 0 Å². The zero-order valence-corrected chi connectivity index (χ0v) is 22.4. The van der Waals surface area contributed by atoms with E-state index >= 15 is 0 Å². The molecule has 5 unspecified atom stereocenters. The van der Waals surface area contributed by atoms with E-state index in [1.807, 2.05) is 0 Å². The number of rotatable bonds is 20. The molecule has 224 valence electrons. The van der Waals surface area contributed by atoms with Crippen molar-refractivity contribution >= 4 is 35.5 Å². The molecule has 0 rings (SSSR count). The van der Waals surface area contributed by atoms with E-state index < -0.39 is 78.9 Å². The van der Waals surface area contributed by atoms with Crippen LogP contribution >= 0.6 is 0 Å². The second-order valence-electron chi connectivity index (χ2n) is 9.47. The number of unbranched alkanes of at least 4 members (excludes halogenated alkanes) is 1. The molecule has 5 amide bonds. The smallest absolute Gasteiger partial charge is 0.326 e. The van der Waals surface area contributed by atoms with Crippen LogP contribution in [-0.2, 0) is 28.8 Å².